The van der Waals surface area contributed by atoms with Crippen LogP contribution in [0.1, 0.15) is 46.5 Å². The Kier molecular flexibility index (Phi) is 6.14. The molecule has 0 bridgehead atoms. The number of halogens is 1. The quantitative estimate of drug-likeness (QED) is 0.537. The van der Waals surface area contributed by atoms with Crippen LogP contribution in [0.3, 0.4) is 0 Å². The lowest BCUT2D eigenvalue weighted by atomic mass is 9.83. The molecule has 0 rings (SSSR count). The summed E-state index contributed by atoms with van der Waals surface area (Å²) >= 11 is 2.14. The van der Waals surface area contributed by atoms with Crippen molar-refractivity contribution < 1.29 is 4.79 Å². The van der Waals surface area contributed by atoms with Crippen LogP contribution < -0.4 is 0 Å². The number of rotatable bonds is 6. The SMILES string of the molecule is CCCCC(C)(C)CC(=O)CI. The second-order valence-electron chi connectivity index (χ2n) is 4.12. The van der Waals surface area contributed by atoms with Crippen molar-refractivity contribution in [2.75, 3.05) is 4.43 Å². The molecule has 0 fully saturated rings. The van der Waals surface area contributed by atoms with E-state index in [1.165, 1.54) is 19.3 Å². The standard InChI is InChI=1S/C10H19IO/c1-4-5-6-10(2,3)7-9(12)8-11/h4-8H2,1-3H3. The smallest absolute Gasteiger partial charge is 0.143 e. The number of ketones is 1. The number of alkyl halides is 1. The van der Waals surface area contributed by atoms with Crippen molar-refractivity contribution in [3.8, 4) is 0 Å². The first kappa shape index (κ1) is 12.4. The fraction of sp³-hybridized carbons (Fsp3) is 0.900. The van der Waals surface area contributed by atoms with Gasteiger partial charge in [-0.3, -0.25) is 4.79 Å². The molecular formula is C10H19IO. The third-order valence-electron chi connectivity index (χ3n) is 2.03. The van der Waals surface area contributed by atoms with Gasteiger partial charge in [-0.25, -0.2) is 0 Å². The van der Waals surface area contributed by atoms with Crippen LogP contribution in [0.5, 0.6) is 0 Å². The predicted octanol–water partition coefficient (Wildman–Crippen LogP) is 3.60. The molecule has 2 heteroatoms. The first-order valence-electron chi connectivity index (χ1n) is 4.59. The minimum absolute atomic E-state index is 0.221. The van der Waals surface area contributed by atoms with Crippen LogP contribution in [0.15, 0.2) is 0 Å². The Labute approximate surface area is 89.4 Å². The second kappa shape index (κ2) is 5.95. The Hall–Kier alpha value is 0.400. The lowest BCUT2D eigenvalue weighted by molar-refractivity contribution is -0.118. The van der Waals surface area contributed by atoms with Crippen molar-refractivity contribution >= 4 is 28.4 Å². The predicted molar refractivity (Wildman–Crippen MR) is 61.8 cm³/mol. The summed E-state index contributed by atoms with van der Waals surface area (Å²) in [4.78, 5) is 11.2. The molecule has 0 radical (unpaired) electrons. The molecule has 0 aromatic carbocycles. The fourth-order valence-corrected chi connectivity index (χ4v) is 1.59. The van der Waals surface area contributed by atoms with Crippen molar-refractivity contribution in [2.24, 2.45) is 5.41 Å². The maximum absolute atomic E-state index is 11.2. The number of carbonyl (C=O) groups is 1. The average Bonchev–Trinajstić information content (AvgIpc) is 2.00. The molecule has 72 valence electrons. The van der Waals surface area contributed by atoms with Crippen molar-refractivity contribution in [2.45, 2.75) is 46.5 Å². The van der Waals surface area contributed by atoms with Crippen LogP contribution in [-0.4, -0.2) is 10.2 Å². The molecule has 0 aliphatic heterocycles. The van der Waals surface area contributed by atoms with E-state index in [2.05, 4.69) is 43.4 Å². The summed E-state index contributed by atoms with van der Waals surface area (Å²) < 4.78 is 0.660. The Morgan fingerprint density at radius 2 is 2.00 bits per heavy atom. The zero-order valence-electron chi connectivity index (χ0n) is 8.32. The van der Waals surface area contributed by atoms with E-state index in [0.717, 1.165) is 6.42 Å². The Morgan fingerprint density at radius 3 is 2.42 bits per heavy atom. The van der Waals surface area contributed by atoms with E-state index < -0.39 is 0 Å². The molecule has 0 aromatic rings. The minimum Gasteiger partial charge on any atom is -0.299 e. The van der Waals surface area contributed by atoms with Crippen molar-refractivity contribution in [3.05, 3.63) is 0 Å². The van der Waals surface area contributed by atoms with Gasteiger partial charge in [-0.15, -0.1) is 0 Å². The number of unbranched alkanes of at least 4 members (excludes halogenated alkanes) is 1. The van der Waals surface area contributed by atoms with Crippen LogP contribution in [0.4, 0.5) is 0 Å². The van der Waals surface area contributed by atoms with Crippen LogP contribution in [-0.2, 0) is 4.79 Å². The van der Waals surface area contributed by atoms with E-state index >= 15 is 0 Å². The topological polar surface area (TPSA) is 17.1 Å². The third-order valence-corrected chi connectivity index (χ3v) is 2.88. The summed E-state index contributed by atoms with van der Waals surface area (Å²) in [6.45, 7) is 6.57. The first-order chi connectivity index (χ1) is 5.52. The molecule has 0 N–H and O–H groups in total. The van der Waals surface area contributed by atoms with Crippen molar-refractivity contribution in [1.82, 2.24) is 0 Å². The summed E-state index contributed by atoms with van der Waals surface area (Å²) in [5.41, 5.74) is 0.221. The van der Waals surface area contributed by atoms with Gasteiger partial charge < -0.3 is 0 Å². The molecule has 0 saturated heterocycles. The molecule has 0 heterocycles. The Morgan fingerprint density at radius 1 is 1.42 bits per heavy atom. The van der Waals surface area contributed by atoms with Crippen LogP contribution in [0, 0.1) is 5.41 Å². The molecule has 0 aliphatic rings. The van der Waals surface area contributed by atoms with E-state index in [1.807, 2.05) is 0 Å². The maximum atomic E-state index is 11.2. The lowest BCUT2D eigenvalue weighted by Gasteiger charge is -2.22. The van der Waals surface area contributed by atoms with Gasteiger partial charge in [-0.2, -0.15) is 0 Å². The van der Waals surface area contributed by atoms with E-state index in [0.29, 0.717) is 10.2 Å². The molecule has 0 aliphatic carbocycles. The van der Waals surface area contributed by atoms with E-state index in [-0.39, 0.29) is 5.41 Å². The van der Waals surface area contributed by atoms with Crippen LogP contribution in [0.2, 0.25) is 0 Å². The van der Waals surface area contributed by atoms with Gasteiger partial charge in [0.15, 0.2) is 0 Å². The molecular weight excluding hydrogens is 263 g/mol. The van der Waals surface area contributed by atoms with Crippen LogP contribution in [0.25, 0.3) is 0 Å². The fourth-order valence-electron chi connectivity index (χ4n) is 1.32. The van der Waals surface area contributed by atoms with E-state index in [4.69, 9.17) is 0 Å². The summed E-state index contributed by atoms with van der Waals surface area (Å²) in [5.74, 6) is 0.386. The van der Waals surface area contributed by atoms with Crippen molar-refractivity contribution in [3.63, 3.8) is 0 Å². The van der Waals surface area contributed by atoms with Crippen LogP contribution >= 0.6 is 22.6 Å². The molecule has 0 unspecified atom stereocenters. The Balaban J connectivity index is 3.77. The molecule has 12 heavy (non-hydrogen) atoms. The zero-order valence-corrected chi connectivity index (χ0v) is 10.5. The number of Topliss-reactive ketones (excluding diaryl/α,β-unsaturated/α-hetero) is 1. The normalized spacial score (nSPS) is 11.7. The molecule has 1 nitrogen and oxygen atoms in total. The highest BCUT2D eigenvalue weighted by Gasteiger charge is 2.20. The average molecular weight is 282 g/mol. The molecule has 0 atom stereocenters. The Bertz CT molecular complexity index is 141. The highest BCUT2D eigenvalue weighted by molar-refractivity contribution is 14.1. The molecule has 0 spiro atoms. The lowest BCUT2D eigenvalue weighted by Crippen LogP contribution is -2.17. The highest BCUT2D eigenvalue weighted by Crippen LogP contribution is 2.27. The maximum Gasteiger partial charge on any atom is 0.143 e. The van der Waals surface area contributed by atoms with Gasteiger partial charge >= 0.3 is 0 Å². The molecule has 0 aromatic heterocycles. The van der Waals surface area contributed by atoms with Gasteiger partial charge in [-0.05, 0) is 11.8 Å². The minimum atomic E-state index is 0.221. The monoisotopic (exact) mass is 282 g/mol. The van der Waals surface area contributed by atoms with Crippen molar-refractivity contribution in [1.29, 1.82) is 0 Å². The van der Waals surface area contributed by atoms with E-state index in [9.17, 15) is 4.79 Å². The summed E-state index contributed by atoms with van der Waals surface area (Å²) in [6, 6.07) is 0. The van der Waals surface area contributed by atoms with Gasteiger partial charge in [0.1, 0.15) is 5.78 Å². The summed E-state index contributed by atoms with van der Waals surface area (Å²) in [7, 11) is 0. The number of hydrogen-bond donors (Lipinski definition) is 0. The number of hydrogen-bond acceptors (Lipinski definition) is 1. The molecule has 0 saturated carbocycles. The summed E-state index contributed by atoms with van der Waals surface area (Å²) in [5, 5.41) is 0. The largest absolute Gasteiger partial charge is 0.299 e. The molecule has 0 amide bonds. The third kappa shape index (κ3) is 5.98. The second-order valence-corrected chi connectivity index (χ2v) is 4.88. The number of carbonyl (C=O) groups excluding carboxylic acids is 1. The van der Waals surface area contributed by atoms with Gasteiger partial charge in [-0.1, -0.05) is 56.2 Å². The van der Waals surface area contributed by atoms with Gasteiger partial charge in [0, 0.05) is 6.42 Å². The van der Waals surface area contributed by atoms with Gasteiger partial charge in [0.25, 0.3) is 0 Å². The van der Waals surface area contributed by atoms with Gasteiger partial charge in [0.2, 0.25) is 0 Å². The first-order valence-corrected chi connectivity index (χ1v) is 6.12. The van der Waals surface area contributed by atoms with E-state index in [1.54, 1.807) is 0 Å². The van der Waals surface area contributed by atoms with Gasteiger partial charge in [0.05, 0.1) is 4.43 Å². The zero-order chi connectivity index (χ0) is 9.61. The highest BCUT2D eigenvalue weighted by atomic mass is 127. The summed E-state index contributed by atoms with van der Waals surface area (Å²) in [6.07, 6.45) is 4.38.